The van der Waals surface area contributed by atoms with Gasteiger partial charge in [-0.3, -0.25) is 9.10 Å². The number of halogens is 1. The highest BCUT2D eigenvalue weighted by atomic mass is 32.2. The van der Waals surface area contributed by atoms with Crippen LogP contribution in [0.1, 0.15) is 48.7 Å². The Hall–Kier alpha value is -3.19. The quantitative estimate of drug-likeness (QED) is 0.551. The van der Waals surface area contributed by atoms with E-state index in [0.717, 1.165) is 29.7 Å². The molecule has 0 atom stereocenters. The maximum atomic E-state index is 13.3. The number of benzene rings is 3. The molecule has 0 aromatic heterocycles. The summed E-state index contributed by atoms with van der Waals surface area (Å²) in [7, 11) is -3.85. The summed E-state index contributed by atoms with van der Waals surface area (Å²) in [5, 5.41) is 2.88. The highest BCUT2D eigenvalue weighted by Gasteiger charge is 2.29. The monoisotopic (exact) mass is 466 g/mol. The van der Waals surface area contributed by atoms with Gasteiger partial charge in [0.05, 0.1) is 10.6 Å². The van der Waals surface area contributed by atoms with Gasteiger partial charge in [0.1, 0.15) is 5.82 Å². The van der Waals surface area contributed by atoms with E-state index in [2.05, 4.69) is 26.1 Å². The zero-order valence-corrected chi connectivity index (χ0v) is 19.7. The molecule has 4 rings (SSSR count). The fraction of sp³-hybridized carbons (Fsp3) is 0.269. The Morgan fingerprint density at radius 1 is 0.970 bits per heavy atom. The first kappa shape index (κ1) is 23.0. The van der Waals surface area contributed by atoms with Crippen LogP contribution in [0.2, 0.25) is 0 Å². The summed E-state index contributed by atoms with van der Waals surface area (Å²) >= 11 is 0. The van der Waals surface area contributed by atoms with Gasteiger partial charge in [0.25, 0.3) is 15.9 Å². The zero-order valence-electron chi connectivity index (χ0n) is 18.9. The molecule has 5 nitrogen and oxygen atoms in total. The fourth-order valence-electron chi connectivity index (χ4n) is 3.93. The smallest absolute Gasteiger partial charge is 0.264 e. The van der Waals surface area contributed by atoms with Crippen LogP contribution in [0.3, 0.4) is 0 Å². The standard InChI is InChI=1S/C26H27FN2O3S/c1-26(2,3)20-9-6-19(7-10-20)25(30)28-22-13-8-18-5-4-16-29(24(18)17-22)33(31,32)23-14-11-21(27)12-15-23/h6-15,17H,4-5,16H2,1-3H3,(H,28,30). The van der Waals surface area contributed by atoms with Crippen LogP contribution in [-0.4, -0.2) is 20.9 Å². The molecule has 0 fully saturated rings. The van der Waals surface area contributed by atoms with Crippen LogP contribution in [0, 0.1) is 5.82 Å². The number of sulfonamides is 1. The fourth-order valence-corrected chi connectivity index (χ4v) is 5.46. The highest BCUT2D eigenvalue weighted by Crippen LogP contribution is 2.34. The van der Waals surface area contributed by atoms with E-state index in [9.17, 15) is 17.6 Å². The molecule has 1 aliphatic rings. The van der Waals surface area contributed by atoms with Gasteiger partial charge in [0.2, 0.25) is 0 Å². The van der Waals surface area contributed by atoms with E-state index in [1.54, 1.807) is 24.3 Å². The number of amides is 1. The van der Waals surface area contributed by atoms with Crippen LogP contribution in [0.4, 0.5) is 15.8 Å². The molecule has 0 aliphatic carbocycles. The van der Waals surface area contributed by atoms with Gasteiger partial charge in [-0.15, -0.1) is 0 Å². The molecule has 0 unspecified atom stereocenters. The largest absolute Gasteiger partial charge is 0.322 e. The SMILES string of the molecule is CC(C)(C)c1ccc(C(=O)Nc2ccc3c(c2)N(S(=O)(=O)c2ccc(F)cc2)CCC3)cc1. The van der Waals surface area contributed by atoms with Crippen molar-refractivity contribution >= 4 is 27.3 Å². The van der Waals surface area contributed by atoms with Gasteiger partial charge in [-0.05, 0) is 77.9 Å². The molecule has 0 saturated heterocycles. The Bertz CT molecular complexity index is 1280. The molecular formula is C26H27FN2O3S. The number of fused-ring (bicyclic) bond motifs is 1. The summed E-state index contributed by atoms with van der Waals surface area (Å²) in [6.07, 6.45) is 1.42. The molecule has 172 valence electrons. The molecular weight excluding hydrogens is 439 g/mol. The molecule has 7 heteroatoms. The third-order valence-corrected chi connectivity index (χ3v) is 7.66. The van der Waals surface area contributed by atoms with E-state index in [4.69, 9.17) is 0 Å². The molecule has 0 radical (unpaired) electrons. The van der Waals surface area contributed by atoms with Crippen molar-refractivity contribution in [1.29, 1.82) is 0 Å². The van der Waals surface area contributed by atoms with Crippen molar-refractivity contribution in [3.05, 3.63) is 89.2 Å². The van der Waals surface area contributed by atoms with Crippen molar-refractivity contribution in [2.45, 2.75) is 43.9 Å². The Balaban J connectivity index is 1.60. The van der Waals surface area contributed by atoms with Gasteiger partial charge in [-0.1, -0.05) is 39.0 Å². The molecule has 33 heavy (non-hydrogen) atoms. The Morgan fingerprint density at radius 2 is 1.64 bits per heavy atom. The van der Waals surface area contributed by atoms with Crippen molar-refractivity contribution in [2.75, 3.05) is 16.2 Å². The molecule has 3 aromatic rings. The van der Waals surface area contributed by atoms with Crippen LogP contribution in [-0.2, 0) is 21.9 Å². The number of nitrogens with one attached hydrogen (secondary N) is 1. The summed E-state index contributed by atoms with van der Waals surface area (Å²) in [4.78, 5) is 12.8. The van der Waals surface area contributed by atoms with Gasteiger partial charge in [0, 0.05) is 17.8 Å². The average molecular weight is 467 g/mol. The highest BCUT2D eigenvalue weighted by molar-refractivity contribution is 7.92. The minimum absolute atomic E-state index is 0.00697. The van der Waals surface area contributed by atoms with Gasteiger partial charge < -0.3 is 5.32 Å². The molecule has 1 amide bonds. The first-order valence-electron chi connectivity index (χ1n) is 10.9. The molecule has 3 aromatic carbocycles. The lowest BCUT2D eigenvalue weighted by atomic mass is 9.87. The summed E-state index contributed by atoms with van der Waals surface area (Å²) in [5.74, 6) is -0.757. The predicted octanol–water partition coefficient (Wildman–Crippen LogP) is 5.52. The van der Waals surface area contributed by atoms with E-state index in [0.29, 0.717) is 29.9 Å². The van der Waals surface area contributed by atoms with Crippen molar-refractivity contribution < 1.29 is 17.6 Å². The average Bonchev–Trinajstić information content (AvgIpc) is 2.78. The lowest BCUT2D eigenvalue weighted by molar-refractivity contribution is 0.102. The van der Waals surface area contributed by atoms with Gasteiger partial charge in [-0.2, -0.15) is 0 Å². The number of nitrogens with zero attached hydrogens (tertiary/aromatic N) is 1. The Morgan fingerprint density at radius 3 is 2.27 bits per heavy atom. The second-order valence-electron chi connectivity index (χ2n) is 9.26. The number of carbonyl (C=O) groups excluding carboxylic acids is 1. The van der Waals surface area contributed by atoms with Crippen molar-refractivity contribution in [1.82, 2.24) is 0 Å². The molecule has 0 spiro atoms. The summed E-state index contributed by atoms with van der Waals surface area (Å²) in [6.45, 7) is 6.65. The minimum Gasteiger partial charge on any atom is -0.322 e. The van der Waals surface area contributed by atoms with Crippen molar-refractivity contribution in [3.8, 4) is 0 Å². The Labute approximate surface area is 194 Å². The van der Waals surface area contributed by atoms with E-state index < -0.39 is 15.8 Å². The maximum absolute atomic E-state index is 13.3. The van der Waals surface area contributed by atoms with Crippen LogP contribution in [0.5, 0.6) is 0 Å². The van der Waals surface area contributed by atoms with Crippen LogP contribution < -0.4 is 9.62 Å². The van der Waals surface area contributed by atoms with Gasteiger partial charge in [-0.25, -0.2) is 12.8 Å². The van der Waals surface area contributed by atoms with Crippen LogP contribution in [0.25, 0.3) is 0 Å². The number of aryl methyl sites for hydroxylation is 1. The minimum atomic E-state index is -3.85. The number of hydrogen-bond acceptors (Lipinski definition) is 3. The second-order valence-corrected chi connectivity index (χ2v) is 11.1. The first-order chi connectivity index (χ1) is 15.6. The molecule has 1 heterocycles. The third kappa shape index (κ3) is 4.78. The summed E-state index contributed by atoms with van der Waals surface area (Å²) in [6, 6.07) is 17.6. The zero-order chi connectivity index (χ0) is 23.8. The lowest BCUT2D eigenvalue weighted by Crippen LogP contribution is -2.35. The van der Waals surface area contributed by atoms with Gasteiger partial charge in [0.15, 0.2) is 0 Å². The van der Waals surface area contributed by atoms with E-state index in [1.165, 1.54) is 16.4 Å². The summed E-state index contributed by atoms with van der Waals surface area (Å²) < 4.78 is 41.1. The topological polar surface area (TPSA) is 66.5 Å². The molecule has 1 aliphatic heterocycles. The van der Waals surface area contributed by atoms with Crippen LogP contribution >= 0.6 is 0 Å². The second kappa shape index (κ2) is 8.63. The van der Waals surface area contributed by atoms with E-state index >= 15 is 0 Å². The number of hydrogen-bond donors (Lipinski definition) is 1. The maximum Gasteiger partial charge on any atom is 0.264 e. The van der Waals surface area contributed by atoms with E-state index in [1.807, 2.05) is 18.2 Å². The predicted molar refractivity (Wildman–Crippen MR) is 129 cm³/mol. The normalized spacial score (nSPS) is 14.0. The van der Waals surface area contributed by atoms with Crippen molar-refractivity contribution in [2.24, 2.45) is 0 Å². The molecule has 1 N–H and O–H groups in total. The number of rotatable bonds is 4. The number of carbonyl (C=O) groups is 1. The first-order valence-corrected chi connectivity index (χ1v) is 12.3. The molecule has 0 saturated carbocycles. The number of anilines is 2. The van der Waals surface area contributed by atoms with Crippen LogP contribution in [0.15, 0.2) is 71.6 Å². The summed E-state index contributed by atoms with van der Waals surface area (Å²) in [5.41, 5.74) is 3.59. The third-order valence-electron chi connectivity index (χ3n) is 5.83. The van der Waals surface area contributed by atoms with Crippen molar-refractivity contribution in [3.63, 3.8) is 0 Å². The van der Waals surface area contributed by atoms with E-state index in [-0.39, 0.29) is 16.2 Å². The molecule has 0 bridgehead atoms. The van der Waals surface area contributed by atoms with Gasteiger partial charge >= 0.3 is 0 Å². The lowest BCUT2D eigenvalue weighted by Gasteiger charge is -2.31. The Kier molecular flexibility index (Phi) is 6.01.